The van der Waals surface area contributed by atoms with Gasteiger partial charge in [-0.25, -0.2) is 0 Å². The Morgan fingerprint density at radius 2 is 1.56 bits per heavy atom. The molecule has 0 saturated heterocycles. The van der Waals surface area contributed by atoms with Gasteiger partial charge in [0.1, 0.15) is 5.75 Å². The zero-order valence-electron chi connectivity index (χ0n) is 13.8. The van der Waals surface area contributed by atoms with Crippen molar-refractivity contribution in [2.45, 2.75) is 13.0 Å². The van der Waals surface area contributed by atoms with Gasteiger partial charge in [-0.3, -0.25) is 0 Å². The number of ether oxygens (including phenoxy) is 1. The first-order valence-electron chi connectivity index (χ1n) is 8.05. The smallest absolute Gasteiger partial charge is 0.121 e. The number of hydrogen-bond donors (Lipinski definition) is 1. The molecule has 0 aliphatic heterocycles. The molecule has 25 heavy (non-hydrogen) atoms. The quantitative estimate of drug-likeness (QED) is 0.500. The summed E-state index contributed by atoms with van der Waals surface area (Å²) in [5.74, 6) is 0.894. The van der Waals surface area contributed by atoms with E-state index in [0.29, 0.717) is 6.61 Å². The predicted octanol–water partition coefficient (Wildman–Crippen LogP) is 6.10. The van der Waals surface area contributed by atoms with Gasteiger partial charge >= 0.3 is 0 Å². The van der Waals surface area contributed by atoms with Crippen LogP contribution in [0.3, 0.4) is 0 Å². The molecule has 0 bridgehead atoms. The second kappa shape index (κ2) is 10.1. The van der Waals surface area contributed by atoms with Gasteiger partial charge in [0.25, 0.3) is 0 Å². The lowest BCUT2D eigenvalue weighted by atomic mass is 10.2. The summed E-state index contributed by atoms with van der Waals surface area (Å²) in [6.45, 7) is 1.48. The topological polar surface area (TPSA) is 21.3 Å². The van der Waals surface area contributed by atoms with Crippen LogP contribution in [0.15, 0.2) is 83.3 Å². The van der Waals surface area contributed by atoms with Crippen LogP contribution in [0.4, 0.5) is 5.69 Å². The zero-order valence-corrected chi connectivity index (χ0v) is 16.2. The first kappa shape index (κ1) is 19.4. The summed E-state index contributed by atoms with van der Waals surface area (Å²) in [4.78, 5) is 0. The lowest BCUT2D eigenvalue weighted by molar-refractivity contribution is 0.322. The molecule has 0 atom stereocenters. The molecule has 0 aromatic heterocycles. The molecular formula is C21H21BrClNO. The first-order chi connectivity index (χ1) is 11.8. The highest BCUT2D eigenvalue weighted by atomic mass is 79.9. The predicted molar refractivity (Wildman–Crippen MR) is 111 cm³/mol. The maximum atomic E-state index is 5.88. The molecule has 130 valence electrons. The Morgan fingerprint density at radius 3 is 2.32 bits per heavy atom. The van der Waals surface area contributed by atoms with Crippen LogP contribution in [0.25, 0.3) is 0 Å². The van der Waals surface area contributed by atoms with Crippen LogP contribution in [0, 0.1) is 0 Å². The summed E-state index contributed by atoms with van der Waals surface area (Å²) in [6, 6.07) is 26.8. The highest BCUT2D eigenvalue weighted by Crippen LogP contribution is 2.19. The summed E-state index contributed by atoms with van der Waals surface area (Å²) < 4.78 is 6.98. The molecule has 0 amide bonds. The highest BCUT2D eigenvalue weighted by molar-refractivity contribution is 9.10. The summed E-state index contributed by atoms with van der Waals surface area (Å²) in [5, 5.41) is 3.43. The van der Waals surface area contributed by atoms with Crippen LogP contribution >= 0.6 is 28.3 Å². The van der Waals surface area contributed by atoms with Crippen molar-refractivity contribution in [3.63, 3.8) is 0 Å². The number of nitrogens with one attached hydrogen (secondary N) is 1. The van der Waals surface area contributed by atoms with E-state index in [1.165, 1.54) is 11.1 Å². The summed E-state index contributed by atoms with van der Waals surface area (Å²) in [6.07, 6.45) is 0.898. The van der Waals surface area contributed by atoms with E-state index < -0.39 is 0 Å². The van der Waals surface area contributed by atoms with Gasteiger partial charge in [-0.05, 0) is 35.4 Å². The Bertz CT molecular complexity index is 762. The minimum atomic E-state index is 0. The Balaban J connectivity index is 0.00000225. The van der Waals surface area contributed by atoms with E-state index in [2.05, 4.69) is 75.8 Å². The normalized spacial score (nSPS) is 9.96. The highest BCUT2D eigenvalue weighted by Gasteiger charge is 1.99. The van der Waals surface area contributed by atoms with E-state index >= 15 is 0 Å². The molecule has 0 heterocycles. The van der Waals surface area contributed by atoms with E-state index in [0.717, 1.165) is 28.9 Å². The molecule has 0 radical (unpaired) electrons. The molecule has 0 aliphatic rings. The molecule has 1 N–H and O–H groups in total. The van der Waals surface area contributed by atoms with Crippen molar-refractivity contribution in [3.8, 4) is 5.75 Å². The van der Waals surface area contributed by atoms with Crippen molar-refractivity contribution < 1.29 is 4.74 Å². The van der Waals surface area contributed by atoms with Crippen molar-refractivity contribution in [1.29, 1.82) is 0 Å². The fraction of sp³-hybridized carbons (Fsp3) is 0.143. The van der Waals surface area contributed by atoms with E-state index in [4.69, 9.17) is 4.74 Å². The number of benzene rings is 3. The lowest BCUT2D eigenvalue weighted by Gasteiger charge is -2.10. The summed E-state index contributed by atoms with van der Waals surface area (Å²) in [7, 11) is 0. The molecule has 0 unspecified atom stereocenters. The van der Waals surface area contributed by atoms with Gasteiger partial charge in [-0.15, -0.1) is 12.4 Å². The second-order valence-corrected chi connectivity index (χ2v) is 6.51. The first-order valence-corrected chi connectivity index (χ1v) is 8.84. The van der Waals surface area contributed by atoms with Crippen molar-refractivity contribution in [2.75, 3.05) is 11.9 Å². The second-order valence-electron chi connectivity index (χ2n) is 5.59. The van der Waals surface area contributed by atoms with E-state index in [-0.39, 0.29) is 12.4 Å². The third-order valence-electron chi connectivity index (χ3n) is 3.75. The number of halogens is 2. The van der Waals surface area contributed by atoms with Gasteiger partial charge in [0.2, 0.25) is 0 Å². The van der Waals surface area contributed by atoms with Gasteiger partial charge in [0, 0.05) is 29.2 Å². The number of hydrogen-bond acceptors (Lipinski definition) is 2. The largest absolute Gasteiger partial charge is 0.493 e. The Morgan fingerprint density at radius 1 is 0.800 bits per heavy atom. The molecule has 0 spiro atoms. The SMILES string of the molecule is Brc1ccc(CCOc2cccc(NCc3ccccc3)c2)cc1.Cl. The number of anilines is 1. The van der Waals surface area contributed by atoms with Gasteiger partial charge in [-0.2, -0.15) is 0 Å². The third kappa shape index (κ3) is 6.45. The van der Waals surface area contributed by atoms with Crippen LogP contribution in [0.1, 0.15) is 11.1 Å². The Kier molecular flexibility index (Phi) is 7.83. The average molecular weight is 419 g/mol. The average Bonchev–Trinajstić information content (AvgIpc) is 2.63. The molecule has 3 rings (SSSR count). The molecule has 4 heteroatoms. The monoisotopic (exact) mass is 417 g/mol. The minimum absolute atomic E-state index is 0. The minimum Gasteiger partial charge on any atom is -0.493 e. The molecule has 0 saturated carbocycles. The molecule has 3 aromatic carbocycles. The number of rotatable bonds is 7. The Labute approximate surface area is 163 Å². The third-order valence-corrected chi connectivity index (χ3v) is 4.27. The van der Waals surface area contributed by atoms with Crippen LogP contribution in [-0.2, 0) is 13.0 Å². The van der Waals surface area contributed by atoms with Gasteiger partial charge in [-0.1, -0.05) is 64.5 Å². The van der Waals surface area contributed by atoms with Crippen LogP contribution in [0.2, 0.25) is 0 Å². The fourth-order valence-electron chi connectivity index (χ4n) is 2.43. The molecule has 2 nitrogen and oxygen atoms in total. The fourth-order valence-corrected chi connectivity index (χ4v) is 2.70. The molecule has 3 aromatic rings. The van der Waals surface area contributed by atoms with E-state index in [9.17, 15) is 0 Å². The van der Waals surface area contributed by atoms with Gasteiger partial charge in [0.15, 0.2) is 0 Å². The molecule has 0 fully saturated rings. The zero-order chi connectivity index (χ0) is 16.6. The van der Waals surface area contributed by atoms with Gasteiger partial charge in [0.05, 0.1) is 6.61 Å². The van der Waals surface area contributed by atoms with Crippen LogP contribution in [-0.4, -0.2) is 6.61 Å². The van der Waals surface area contributed by atoms with Gasteiger partial charge < -0.3 is 10.1 Å². The lowest BCUT2D eigenvalue weighted by Crippen LogP contribution is -2.02. The van der Waals surface area contributed by atoms with Crippen molar-refractivity contribution in [2.24, 2.45) is 0 Å². The Hall–Kier alpha value is -1.97. The van der Waals surface area contributed by atoms with Crippen molar-refractivity contribution in [3.05, 3.63) is 94.5 Å². The maximum absolute atomic E-state index is 5.88. The van der Waals surface area contributed by atoms with E-state index in [1.807, 2.05) is 24.3 Å². The summed E-state index contributed by atoms with van der Waals surface area (Å²) in [5.41, 5.74) is 3.61. The summed E-state index contributed by atoms with van der Waals surface area (Å²) >= 11 is 3.45. The standard InChI is InChI=1S/C21H20BrNO.ClH/c22-19-11-9-17(10-12-19)13-14-24-21-8-4-7-20(15-21)23-16-18-5-2-1-3-6-18;/h1-12,15,23H,13-14,16H2;1H. The maximum Gasteiger partial charge on any atom is 0.121 e. The van der Waals surface area contributed by atoms with Crippen LogP contribution < -0.4 is 10.1 Å². The van der Waals surface area contributed by atoms with E-state index in [1.54, 1.807) is 0 Å². The molecule has 0 aliphatic carbocycles. The van der Waals surface area contributed by atoms with Crippen molar-refractivity contribution in [1.82, 2.24) is 0 Å². The van der Waals surface area contributed by atoms with Crippen LogP contribution in [0.5, 0.6) is 5.75 Å². The van der Waals surface area contributed by atoms with Crippen molar-refractivity contribution >= 4 is 34.0 Å². The molecular weight excluding hydrogens is 398 g/mol.